The molecule has 0 spiro atoms. The average molecular weight is 350 g/mol. The van der Waals surface area contributed by atoms with E-state index in [0.717, 1.165) is 10.2 Å². The molecular formula is C8H5BrIN3. The van der Waals surface area contributed by atoms with Crippen LogP contribution in [0.3, 0.4) is 0 Å². The molecule has 5 heteroatoms. The molecule has 2 aromatic rings. The molecule has 0 radical (unpaired) electrons. The monoisotopic (exact) mass is 349 g/mol. The first-order valence-corrected chi connectivity index (χ1v) is 5.46. The van der Waals surface area contributed by atoms with Gasteiger partial charge in [0.05, 0.1) is 18.1 Å². The minimum atomic E-state index is 0.998. The summed E-state index contributed by atoms with van der Waals surface area (Å²) in [6.07, 6.45) is 3.47. The van der Waals surface area contributed by atoms with Crippen LogP contribution in [-0.4, -0.2) is 15.0 Å². The lowest BCUT2D eigenvalue weighted by atomic mass is 10.3. The molecule has 0 bridgehead atoms. The molecule has 0 aliphatic heterocycles. The highest BCUT2D eigenvalue weighted by Gasteiger charge is 2.02. The van der Waals surface area contributed by atoms with Gasteiger partial charge in [-0.3, -0.25) is 0 Å². The van der Waals surface area contributed by atoms with Gasteiger partial charge >= 0.3 is 0 Å². The number of hydrogen-bond donors (Lipinski definition) is 0. The largest absolute Gasteiger partial charge is 0.220 e. The lowest BCUT2D eigenvalue weighted by Crippen LogP contribution is -1.96. The molecule has 0 saturated carbocycles. The quantitative estimate of drug-likeness (QED) is 0.741. The van der Waals surface area contributed by atoms with Crippen molar-refractivity contribution in [2.75, 3.05) is 0 Å². The summed E-state index contributed by atoms with van der Waals surface area (Å²) in [6, 6.07) is 6.07. The Kier molecular flexibility index (Phi) is 2.63. The van der Waals surface area contributed by atoms with E-state index >= 15 is 0 Å². The third-order valence-electron chi connectivity index (χ3n) is 1.58. The first-order chi connectivity index (χ1) is 6.27. The number of aromatic nitrogens is 3. The summed E-state index contributed by atoms with van der Waals surface area (Å²) in [4.78, 5) is 0. The Morgan fingerprint density at radius 3 is 2.85 bits per heavy atom. The zero-order valence-corrected chi connectivity index (χ0v) is 10.2. The molecule has 0 amide bonds. The van der Waals surface area contributed by atoms with Crippen LogP contribution in [0.15, 0.2) is 35.1 Å². The van der Waals surface area contributed by atoms with Crippen LogP contribution in [0.2, 0.25) is 0 Å². The molecule has 1 aromatic heterocycles. The van der Waals surface area contributed by atoms with Gasteiger partial charge in [0.15, 0.2) is 0 Å². The van der Waals surface area contributed by atoms with Gasteiger partial charge in [-0.15, -0.1) is 5.10 Å². The van der Waals surface area contributed by atoms with Crippen molar-refractivity contribution in [3.8, 4) is 5.69 Å². The Morgan fingerprint density at radius 2 is 2.23 bits per heavy atom. The van der Waals surface area contributed by atoms with Crippen molar-refractivity contribution in [2.24, 2.45) is 0 Å². The van der Waals surface area contributed by atoms with Gasteiger partial charge in [0.25, 0.3) is 0 Å². The van der Waals surface area contributed by atoms with Crippen molar-refractivity contribution < 1.29 is 0 Å². The molecule has 2 rings (SSSR count). The van der Waals surface area contributed by atoms with Gasteiger partial charge in [-0.05, 0) is 56.7 Å². The molecule has 66 valence electrons. The smallest absolute Gasteiger partial charge is 0.0806 e. The lowest BCUT2D eigenvalue weighted by Gasteiger charge is -2.02. The molecule has 1 aromatic carbocycles. The number of nitrogens with zero attached hydrogens (tertiary/aromatic N) is 3. The van der Waals surface area contributed by atoms with Crippen LogP contribution < -0.4 is 0 Å². The van der Waals surface area contributed by atoms with E-state index in [9.17, 15) is 0 Å². The fourth-order valence-corrected chi connectivity index (χ4v) is 2.48. The summed E-state index contributed by atoms with van der Waals surface area (Å²) in [5.74, 6) is 0. The van der Waals surface area contributed by atoms with E-state index in [1.54, 1.807) is 10.9 Å². The summed E-state index contributed by atoms with van der Waals surface area (Å²) >= 11 is 5.74. The Bertz CT molecular complexity index is 413. The van der Waals surface area contributed by atoms with Crippen LogP contribution in [-0.2, 0) is 0 Å². The zero-order chi connectivity index (χ0) is 9.26. The Hall–Kier alpha value is -0.430. The maximum atomic E-state index is 3.91. The molecule has 13 heavy (non-hydrogen) atoms. The van der Waals surface area contributed by atoms with E-state index in [1.165, 1.54) is 3.57 Å². The predicted octanol–water partition coefficient (Wildman–Crippen LogP) is 2.63. The van der Waals surface area contributed by atoms with Crippen molar-refractivity contribution >= 4 is 38.5 Å². The van der Waals surface area contributed by atoms with Gasteiger partial charge in [0.2, 0.25) is 0 Å². The van der Waals surface area contributed by atoms with Crippen molar-refractivity contribution in [2.45, 2.75) is 0 Å². The molecule has 3 nitrogen and oxygen atoms in total. The Labute approximate surface area is 97.4 Å². The van der Waals surface area contributed by atoms with Crippen LogP contribution in [0.4, 0.5) is 0 Å². The minimum absolute atomic E-state index is 0.998. The average Bonchev–Trinajstić information content (AvgIpc) is 2.56. The minimum Gasteiger partial charge on any atom is -0.220 e. The maximum Gasteiger partial charge on any atom is 0.0806 e. The van der Waals surface area contributed by atoms with Crippen molar-refractivity contribution in [1.29, 1.82) is 0 Å². The number of rotatable bonds is 1. The van der Waals surface area contributed by atoms with Crippen LogP contribution in [0.1, 0.15) is 0 Å². The number of hydrogen-bond acceptors (Lipinski definition) is 2. The zero-order valence-electron chi connectivity index (χ0n) is 6.48. The van der Waals surface area contributed by atoms with Crippen molar-refractivity contribution in [3.05, 3.63) is 38.6 Å². The Morgan fingerprint density at radius 1 is 1.38 bits per heavy atom. The van der Waals surface area contributed by atoms with E-state index in [4.69, 9.17) is 0 Å². The van der Waals surface area contributed by atoms with Gasteiger partial charge in [0.1, 0.15) is 0 Å². The maximum absolute atomic E-state index is 3.91. The number of halogens is 2. The predicted molar refractivity (Wildman–Crippen MR) is 61.8 cm³/mol. The molecular weight excluding hydrogens is 345 g/mol. The van der Waals surface area contributed by atoms with Crippen LogP contribution >= 0.6 is 38.5 Å². The topological polar surface area (TPSA) is 30.7 Å². The molecule has 0 atom stereocenters. The molecule has 0 fully saturated rings. The van der Waals surface area contributed by atoms with Crippen LogP contribution in [0.5, 0.6) is 0 Å². The summed E-state index contributed by atoms with van der Waals surface area (Å²) < 4.78 is 3.93. The normalized spacial score (nSPS) is 10.3. The summed E-state index contributed by atoms with van der Waals surface area (Å²) in [5, 5.41) is 7.66. The molecule has 1 heterocycles. The highest BCUT2D eigenvalue weighted by molar-refractivity contribution is 14.1. The first kappa shape index (κ1) is 9.14. The molecule has 0 saturated heterocycles. The van der Waals surface area contributed by atoms with E-state index in [2.05, 4.69) is 48.8 Å². The molecule has 0 aliphatic carbocycles. The second-order valence-electron chi connectivity index (χ2n) is 2.44. The highest BCUT2D eigenvalue weighted by Crippen LogP contribution is 2.22. The standard InChI is InChI=1S/C8H5BrIN3/c9-7-5-6(10)1-2-8(7)13-4-3-11-12-13/h1-5H. The van der Waals surface area contributed by atoms with Gasteiger partial charge in [-0.2, -0.15) is 0 Å². The van der Waals surface area contributed by atoms with Crippen LogP contribution in [0, 0.1) is 3.57 Å². The van der Waals surface area contributed by atoms with E-state index in [1.807, 2.05) is 24.4 Å². The molecule has 0 N–H and O–H groups in total. The fourth-order valence-electron chi connectivity index (χ4n) is 1.00. The summed E-state index contributed by atoms with van der Waals surface area (Å²) in [6.45, 7) is 0. The third-order valence-corrected chi connectivity index (χ3v) is 2.89. The van der Waals surface area contributed by atoms with Crippen LogP contribution in [0.25, 0.3) is 5.69 Å². The summed E-state index contributed by atoms with van der Waals surface area (Å²) in [7, 11) is 0. The lowest BCUT2D eigenvalue weighted by molar-refractivity contribution is 0.800. The van der Waals surface area contributed by atoms with Crippen molar-refractivity contribution in [3.63, 3.8) is 0 Å². The number of benzene rings is 1. The molecule has 0 unspecified atom stereocenters. The second kappa shape index (κ2) is 3.75. The van der Waals surface area contributed by atoms with E-state index < -0.39 is 0 Å². The third kappa shape index (κ3) is 1.91. The molecule has 0 aliphatic rings. The SMILES string of the molecule is Brc1cc(I)ccc1-n1ccnn1. The Balaban J connectivity index is 2.53. The van der Waals surface area contributed by atoms with Gasteiger partial charge < -0.3 is 0 Å². The summed E-state index contributed by atoms with van der Waals surface area (Å²) in [5.41, 5.74) is 0.998. The fraction of sp³-hybridized carbons (Fsp3) is 0. The van der Waals surface area contributed by atoms with Crippen molar-refractivity contribution in [1.82, 2.24) is 15.0 Å². The van der Waals surface area contributed by atoms with Gasteiger partial charge in [0, 0.05) is 8.04 Å². The van der Waals surface area contributed by atoms with E-state index in [0.29, 0.717) is 0 Å². The van der Waals surface area contributed by atoms with Gasteiger partial charge in [-0.1, -0.05) is 5.21 Å². The second-order valence-corrected chi connectivity index (χ2v) is 4.54. The first-order valence-electron chi connectivity index (χ1n) is 3.59. The van der Waals surface area contributed by atoms with E-state index in [-0.39, 0.29) is 0 Å². The highest BCUT2D eigenvalue weighted by atomic mass is 127. The van der Waals surface area contributed by atoms with Gasteiger partial charge in [-0.25, -0.2) is 4.68 Å².